The van der Waals surface area contributed by atoms with Gasteiger partial charge in [0.15, 0.2) is 0 Å². The van der Waals surface area contributed by atoms with Crippen LogP contribution in [0, 0.1) is 16.7 Å². The molecule has 1 rings (SSSR count). The van der Waals surface area contributed by atoms with Gasteiger partial charge in [-0.3, -0.25) is 4.79 Å². The van der Waals surface area contributed by atoms with Crippen LogP contribution in [0.25, 0.3) is 0 Å². The van der Waals surface area contributed by atoms with Gasteiger partial charge in [-0.05, 0) is 17.3 Å². The van der Waals surface area contributed by atoms with E-state index in [9.17, 15) is 4.79 Å². The average molecular weight is 256 g/mol. The molecule has 4 heteroatoms. The van der Waals surface area contributed by atoms with Crippen molar-refractivity contribution in [2.75, 3.05) is 13.1 Å². The summed E-state index contributed by atoms with van der Waals surface area (Å²) in [5.41, 5.74) is 5.71. The summed E-state index contributed by atoms with van der Waals surface area (Å²) in [5.74, 6) is 0.297. The molecule has 1 saturated carbocycles. The van der Waals surface area contributed by atoms with Gasteiger partial charge in [0, 0.05) is 12.5 Å². The van der Waals surface area contributed by atoms with Crippen molar-refractivity contribution < 1.29 is 4.79 Å². The maximum absolute atomic E-state index is 12.5. The van der Waals surface area contributed by atoms with Crippen LogP contribution in [0.15, 0.2) is 0 Å². The lowest BCUT2D eigenvalue weighted by Crippen LogP contribution is -2.40. The summed E-state index contributed by atoms with van der Waals surface area (Å²) in [5, 5.41) is 0. The highest BCUT2D eigenvalue weighted by Gasteiger charge is 2.68. The van der Waals surface area contributed by atoms with Crippen molar-refractivity contribution in [2.24, 2.45) is 22.5 Å². The second-order valence-corrected chi connectivity index (χ2v) is 6.63. The number of hydrogen-bond donors (Lipinski definition) is 1. The number of thiocarbonyl (C=S) groups is 1. The van der Waals surface area contributed by atoms with Crippen molar-refractivity contribution >= 4 is 23.1 Å². The Labute approximate surface area is 110 Å². The first-order valence-corrected chi connectivity index (χ1v) is 6.64. The van der Waals surface area contributed by atoms with Crippen molar-refractivity contribution in [3.05, 3.63) is 0 Å². The van der Waals surface area contributed by atoms with Crippen LogP contribution in [0.5, 0.6) is 0 Å². The fourth-order valence-corrected chi connectivity index (χ4v) is 2.88. The number of hydrogen-bond acceptors (Lipinski definition) is 2. The number of rotatable bonds is 5. The molecular formula is C13H24N2OS. The summed E-state index contributed by atoms with van der Waals surface area (Å²) < 4.78 is 0. The van der Waals surface area contributed by atoms with Gasteiger partial charge in [0.2, 0.25) is 5.91 Å². The summed E-state index contributed by atoms with van der Waals surface area (Å²) in [6.45, 7) is 11.8. The molecule has 0 unspecified atom stereocenters. The molecule has 0 spiro atoms. The molecule has 2 N–H and O–H groups in total. The number of nitrogens with two attached hydrogens (primary N) is 1. The Hall–Kier alpha value is -0.640. The topological polar surface area (TPSA) is 46.3 Å². The average Bonchev–Trinajstić information content (AvgIpc) is 2.55. The maximum atomic E-state index is 12.5. The molecule has 0 aromatic rings. The molecule has 3 nitrogen and oxygen atoms in total. The van der Waals surface area contributed by atoms with Gasteiger partial charge in [-0.25, -0.2) is 0 Å². The Morgan fingerprint density at radius 1 is 1.29 bits per heavy atom. The van der Waals surface area contributed by atoms with E-state index in [4.69, 9.17) is 18.0 Å². The second-order valence-electron chi connectivity index (χ2n) is 6.10. The van der Waals surface area contributed by atoms with Crippen molar-refractivity contribution in [3.63, 3.8) is 0 Å². The molecule has 0 saturated heterocycles. The molecule has 1 amide bonds. The number of amides is 1. The summed E-state index contributed by atoms with van der Waals surface area (Å²) in [6, 6.07) is 0. The number of nitrogens with zero attached hydrogens (tertiary/aromatic N) is 1. The zero-order valence-corrected chi connectivity index (χ0v) is 12.4. The minimum Gasteiger partial charge on any atom is -0.392 e. The summed E-state index contributed by atoms with van der Waals surface area (Å²) in [6.07, 6.45) is 0.932. The number of carbonyl (C=O) groups excluding carboxylic acids is 1. The molecule has 0 aliphatic heterocycles. The first-order valence-electron chi connectivity index (χ1n) is 6.23. The minimum absolute atomic E-state index is 0.0757. The van der Waals surface area contributed by atoms with Crippen molar-refractivity contribution in [3.8, 4) is 0 Å². The van der Waals surface area contributed by atoms with Crippen LogP contribution >= 0.6 is 12.2 Å². The smallest absolute Gasteiger partial charge is 0.227 e. The van der Waals surface area contributed by atoms with Gasteiger partial charge in [0.25, 0.3) is 0 Å². The van der Waals surface area contributed by atoms with E-state index in [1.165, 1.54) is 0 Å². The van der Waals surface area contributed by atoms with Crippen molar-refractivity contribution in [1.29, 1.82) is 0 Å². The quantitative estimate of drug-likeness (QED) is 0.767. The Kier molecular flexibility index (Phi) is 3.87. The summed E-state index contributed by atoms with van der Waals surface area (Å²) in [7, 11) is 0. The fourth-order valence-electron chi connectivity index (χ4n) is 2.72. The number of carbonyl (C=O) groups is 1. The lowest BCUT2D eigenvalue weighted by molar-refractivity contribution is -0.133. The lowest BCUT2D eigenvalue weighted by Gasteiger charge is -2.22. The van der Waals surface area contributed by atoms with Gasteiger partial charge < -0.3 is 10.6 Å². The molecule has 0 heterocycles. The molecule has 98 valence electrons. The van der Waals surface area contributed by atoms with Crippen LogP contribution in [0.2, 0.25) is 0 Å². The third-order valence-corrected chi connectivity index (χ3v) is 4.55. The molecule has 1 aliphatic carbocycles. The van der Waals surface area contributed by atoms with Crippen molar-refractivity contribution in [1.82, 2.24) is 4.90 Å². The van der Waals surface area contributed by atoms with Gasteiger partial charge in [-0.1, -0.05) is 46.8 Å². The van der Waals surface area contributed by atoms with Gasteiger partial charge in [-0.2, -0.15) is 0 Å². The van der Waals surface area contributed by atoms with E-state index in [1.54, 1.807) is 0 Å². The van der Waals surface area contributed by atoms with Crippen molar-refractivity contribution in [2.45, 2.75) is 41.0 Å². The molecule has 1 aliphatic rings. The van der Waals surface area contributed by atoms with E-state index in [2.05, 4.69) is 34.6 Å². The largest absolute Gasteiger partial charge is 0.392 e. The molecule has 1 fully saturated rings. The molecule has 0 aromatic carbocycles. The Bertz CT molecular complexity index is 322. The Morgan fingerprint density at radius 3 is 2.06 bits per heavy atom. The molecule has 0 aromatic heterocycles. The van der Waals surface area contributed by atoms with E-state index in [1.807, 2.05) is 4.90 Å². The van der Waals surface area contributed by atoms with Gasteiger partial charge in [0.05, 0.1) is 11.5 Å². The standard InChI is InChI=1S/C13H24N2OS/c1-6-7-15(8-9(14)17)11(16)10-12(2,3)13(10,4)5/h10H,6-8H2,1-5H3,(H2,14,17). The van der Waals surface area contributed by atoms with Crippen LogP contribution in [0.3, 0.4) is 0 Å². The third-order valence-electron chi connectivity index (χ3n) is 4.42. The van der Waals surface area contributed by atoms with E-state index in [0.29, 0.717) is 11.5 Å². The highest BCUT2D eigenvalue weighted by Crippen LogP contribution is 2.68. The molecule has 0 atom stereocenters. The van der Waals surface area contributed by atoms with Gasteiger partial charge in [-0.15, -0.1) is 0 Å². The first kappa shape index (κ1) is 14.4. The zero-order chi connectivity index (χ0) is 13.4. The molecule has 0 radical (unpaired) electrons. The van der Waals surface area contributed by atoms with Crippen LogP contribution in [-0.2, 0) is 4.79 Å². The molecule has 17 heavy (non-hydrogen) atoms. The van der Waals surface area contributed by atoms with E-state index >= 15 is 0 Å². The third kappa shape index (κ3) is 2.46. The monoisotopic (exact) mass is 256 g/mol. The first-order chi connectivity index (χ1) is 7.66. The van der Waals surface area contributed by atoms with Crippen LogP contribution in [0.1, 0.15) is 41.0 Å². The predicted octanol–water partition coefficient (Wildman–Crippen LogP) is 2.19. The zero-order valence-electron chi connectivity index (χ0n) is 11.5. The molecule has 0 bridgehead atoms. The SMILES string of the molecule is CCCN(CC(N)=S)C(=O)C1C(C)(C)C1(C)C. The van der Waals surface area contributed by atoms with Gasteiger partial charge in [0.1, 0.15) is 0 Å². The normalized spacial score (nSPS) is 21.0. The van der Waals surface area contributed by atoms with E-state index < -0.39 is 0 Å². The van der Waals surface area contributed by atoms with E-state index in [-0.39, 0.29) is 22.7 Å². The van der Waals surface area contributed by atoms with Crippen LogP contribution in [-0.4, -0.2) is 28.9 Å². The maximum Gasteiger partial charge on any atom is 0.227 e. The Balaban J connectivity index is 2.77. The second kappa shape index (κ2) is 4.56. The van der Waals surface area contributed by atoms with Crippen LogP contribution < -0.4 is 5.73 Å². The highest BCUT2D eigenvalue weighted by atomic mass is 32.1. The van der Waals surface area contributed by atoms with E-state index in [0.717, 1.165) is 13.0 Å². The summed E-state index contributed by atoms with van der Waals surface area (Å²) >= 11 is 4.91. The van der Waals surface area contributed by atoms with Gasteiger partial charge >= 0.3 is 0 Å². The summed E-state index contributed by atoms with van der Waals surface area (Å²) in [4.78, 5) is 14.7. The predicted molar refractivity (Wildman–Crippen MR) is 74.7 cm³/mol. The lowest BCUT2D eigenvalue weighted by atomic mass is 10.0. The Morgan fingerprint density at radius 2 is 1.76 bits per heavy atom. The minimum atomic E-state index is 0.0757. The molecular weight excluding hydrogens is 232 g/mol. The highest BCUT2D eigenvalue weighted by molar-refractivity contribution is 7.80. The van der Waals surface area contributed by atoms with Crippen LogP contribution in [0.4, 0.5) is 0 Å². The fraction of sp³-hybridized carbons (Fsp3) is 0.846.